The highest BCUT2D eigenvalue weighted by Gasteiger charge is 2.06. The fourth-order valence-electron chi connectivity index (χ4n) is 1.23. The van der Waals surface area contributed by atoms with Crippen LogP contribution < -0.4 is 5.32 Å². The first kappa shape index (κ1) is 10.8. The molecule has 0 saturated carbocycles. The minimum absolute atomic E-state index is 0.173. The van der Waals surface area contributed by atoms with Gasteiger partial charge >= 0.3 is 0 Å². The molecule has 2 aromatic heterocycles. The molecule has 5 heteroatoms. The largest absolute Gasteiger partial charge is 0.344 e. The number of aromatic nitrogens is 2. The number of carbonyl (C=O) groups is 1. The summed E-state index contributed by atoms with van der Waals surface area (Å²) in [5.41, 5.74) is 1.41. The predicted octanol–water partition coefficient (Wildman–Crippen LogP) is 1.78. The van der Waals surface area contributed by atoms with Gasteiger partial charge in [0.25, 0.3) is 5.91 Å². The predicted molar refractivity (Wildman–Crippen MR) is 62.3 cm³/mol. The van der Waals surface area contributed by atoms with E-state index in [0.717, 1.165) is 10.7 Å². The van der Waals surface area contributed by atoms with E-state index in [9.17, 15) is 4.79 Å². The lowest BCUT2D eigenvalue weighted by Gasteiger charge is -2.01. The van der Waals surface area contributed by atoms with E-state index in [1.54, 1.807) is 35.7 Å². The summed E-state index contributed by atoms with van der Waals surface area (Å²) in [5.74, 6) is -0.173. The molecule has 16 heavy (non-hydrogen) atoms. The van der Waals surface area contributed by atoms with Crippen molar-refractivity contribution in [3.05, 3.63) is 46.2 Å². The zero-order valence-electron chi connectivity index (χ0n) is 8.80. The van der Waals surface area contributed by atoms with Gasteiger partial charge in [0.2, 0.25) is 0 Å². The Bertz CT molecular complexity index is 481. The summed E-state index contributed by atoms with van der Waals surface area (Å²) in [5, 5.41) is 5.64. The zero-order chi connectivity index (χ0) is 11.4. The molecule has 2 aromatic rings. The SMILES string of the molecule is Cc1csc(CNC(=O)c2ccccn2)n1. The summed E-state index contributed by atoms with van der Waals surface area (Å²) in [6, 6.07) is 5.25. The third-order valence-corrected chi connectivity index (χ3v) is 2.93. The first-order valence-corrected chi connectivity index (χ1v) is 5.74. The average Bonchev–Trinajstić information content (AvgIpc) is 2.73. The van der Waals surface area contributed by atoms with Crippen molar-refractivity contribution in [2.45, 2.75) is 13.5 Å². The number of thiazole rings is 1. The van der Waals surface area contributed by atoms with Crippen molar-refractivity contribution in [1.82, 2.24) is 15.3 Å². The Morgan fingerprint density at radius 2 is 2.38 bits per heavy atom. The number of rotatable bonds is 3. The normalized spacial score (nSPS) is 10.1. The molecule has 0 aliphatic carbocycles. The van der Waals surface area contributed by atoms with Crippen LogP contribution in [0.2, 0.25) is 0 Å². The van der Waals surface area contributed by atoms with Crippen LogP contribution in [0, 0.1) is 6.92 Å². The van der Waals surface area contributed by atoms with E-state index in [0.29, 0.717) is 12.2 Å². The molecule has 4 nitrogen and oxygen atoms in total. The fourth-order valence-corrected chi connectivity index (χ4v) is 1.94. The topological polar surface area (TPSA) is 54.9 Å². The minimum atomic E-state index is -0.173. The molecule has 0 aliphatic heterocycles. The average molecular weight is 233 g/mol. The number of carbonyl (C=O) groups excluding carboxylic acids is 1. The van der Waals surface area contributed by atoms with Crippen molar-refractivity contribution in [2.75, 3.05) is 0 Å². The van der Waals surface area contributed by atoms with Crippen LogP contribution in [-0.4, -0.2) is 15.9 Å². The molecule has 0 spiro atoms. The van der Waals surface area contributed by atoms with Gasteiger partial charge in [-0.05, 0) is 19.1 Å². The number of amides is 1. The summed E-state index contributed by atoms with van der Waals surface area (Å²) in [6.07, 6.45) is 1.60. The van der Waals surface area contributed by atoms with Crippen molar-refractivity contribution < 1.29 is 4.79 Å². The molecule has 2 rings (SSSR count). The number of hydrogen-bond donors (Lipinski definition) is 1. The maximum atomic E-state index is 11.6. The Morgan fingerprint density at radius 3 is 3.00 bits per heavy atom. The maximum Gasteiger partial charge on any atom is 0.270 e. The van der Waals surface area contributed by atoms with Crippen LogP contribution in [0.4, 0.5) is 0 Å². The lowest BCUT2D eigenvalue weighted by molar-refractivity contribution is 0.0946. The third kappa shape index (κ3) is 2.64. The van der Waals surface area contributed by atoms with Gasteiger partial charge in [-0.15, -0.1) is 11.3 Å². The van der Waals surface area contributed by atoms with Gasteiger partial charge in [0, 0.05) is 17.3 Å². The van der Waals surface area contributed by atoms with Gasteiger partial charge in [0.15, 0.2) is 0 Å². The molecule has 1 amide bonds. The standard InChI is InChI=1S/C11H11N3OS/c1-8-7-16-10(14-8)6-13-11(15)9-4-2-3-5-12-9/h2-5,7H,6H2,1H3,(H,13,15). The highest BCUT2D eigenvalue weighted by atomic mass is 32.1. The lowest BCUT2D eigenvalue weighted by atomic mass is 10.3. The molecule has 0 fully saturated rings. The summed E-state index contributed by atoms with van der Waals surface area (Å²) in [7, 11) is 0. The molecule has 0 bridgehead atoms. The number of hydrogen-bond acceptors (Lipinski definition) is 4. The van der Waals surface area contributed by atoms with E-state index in [-0.39, 0.29) is 5.91 Å². The molecule has 0 radical (unpaired) electrons. The van der Waals surface area contributed by atoms with E-state index in [1.165, 1.54) is 0 Å². The van der Waals surface area contributed by atoms with Crippen molar-refractivity contribution >= 4 is 17.2 Å². The van der Waals surface area contributed by atoms with Crippen LogP contribution >= 0.6 is 11.3 Å². The van der Waals surface area contributed by atoms with Crippen molar-refractivity contribution in [3.63, 3.8) is 0 Å². The number of aryl methyl sites for hydroxylation is 1. The molecule has 82 valence electrons. The Hall–Kier alpha value is -1.75. The Kier molecular flexibility index (Phi) is 3.26. The molecule has 0 unspecified atom stereocenters. The highest BCUT2D eigenvalue weighted by Crippen LogP contribution is 2.08. The van der Waals surface area contributed by atoms with Crippen LogP contribution in [-0.2, 0) is 6.54 Å². The van der Waals surface area contributed by atoms with Gasteiger partial charge < -0.3 is 5.32 Å². The number of pyridine rings is 1. The fraction of sp³-hybridized carbons (Fsp3) is 0.182. The van der Waals surface area contributed by atoms with Crippen LogP contribution in [0.5, 0.6) is 0 Å². The van der Waals surface area contributed by atoms with E-state index >= 15 is 0 Å². The summed E-state index contributed by atoms with van der Waals surface area (Å²) in [4.78, 5) is 19.9. The van der Waals surface area contributed by atoms with Gasteiger partial charge in [0.1, 0.15) is 10.7 Å². The van der Waals surface area contributed by atoms with E-state index < -0.39 is 0 Å². The second-order valence-electron chi connectivity index (χ2n) is 3.28. The zero-order valence-corrected chi connectivity index (χ0v) is 9.62. The van der Waals surface area contributed by atoms with Gasteiger partial charge in [-0.2, -0.15) is 0 Å². The second kappa shape index (κ2) is 4.85. The first-order valence-electron chi connectivity index (χ1n) is 4.86. The van der Waals surface area contributed by atoms with Crippen LogP contribution in [0.1, 0.15) is 21.2 Å². The minimum Gasteiger partial charge on any atom is -0.344 e. The van der Waals surface area contributed by atoms with Gasteiger partial charge in [-0.3, -0.25) is 9.78 Å². The Morgan fingerprint density at radius 1 is 1.50 bits per heavy atom. The number of nitrogens with zero attached hydrogens (tertiary/aromatic N) is 2. The van der Waals surface area contributed by atoms with E-state index in [4.69, 9.17) is 0 Å². The molecule has 1 N–H and O–H groups in total. The van der Waals surface area contributed by atoms with Crippen molar-refractivity contribution in [1.29, 1.82) is 0 Å². The summed E-state index contributed by atoms with van der Waals surface area (Å²) < 4.78 is 0. The van der Waals surface area contributed by atoms with Crippen molar-refractivity contribution in [3.8, 4) is 0 Å². The monoisotopic (exact) mass is 233 g/mol. The van der Waals surface area contributed by atoms with Gasteiger partial charge in [-0.1, -0.05) is 6.07 Å². The van der Waals surface area contributed by atoms with Crippen molar-refractivity contribution in [2.24, 2.45) is 0 Å². The summed E-state index contributed by atoms with van der Waals surface area (Å²) in [6.45, 7) is 2.38. The molecule has 0 aliphatic rings. The van der Waals surface area contributed by atoms with Crippen LogP contribution in [0.15, 0.2) is 29.8 Å². The van der Waals surface area contributed by atoms with E-state index in [2.05, 4.69) is 15.3 Å². The Balaban J connectivity index is 1.94. The molecule has 0 saturated heterocycles. The van der Waals surface area contributed by atoms with E-state index in [1.807, 2.05) is 12.3 Å². The molecule has 2 heterocycles. The maximum absolute atomic E-state index is 11.6. The molecule has 0 aromatic carbocycles. The van der Waals surface area contributed by atoms with Crippen LogP contribution in [0.25, 0.3) is 0 Å². The number of nitrogens with one attached hydrogen (secondary N) is 1. The van der Waals surface area contributed by atoms with Gasteiger partial charge in [0.05, 0.1) is 6.54 Å². The second-order valence-corrected chi connectivity index (χ2v) is 4.22. The smallest absolute Gasteiger partial charge is 0.270 e. The molecular weight excluding hydrogens is 222 g/mol. The van der Waals surface area contributed by atoms with Gasteiger partial charge in [-0.25, -0.2) is 4.98 Å². The summed E-state index contributed by atoms with van der Waals surface area (Å²) >= 11 is 1.54. The third-order valence-electron chi connectivity index (χ3n) is 1.96. The Labute approximate surface area is 97.4 Å². The molecule has 0 atom stereocenters. The molecular formula is C11H11N3OS. The lowest BCUT2D eigenvalue weighted by Crippen LogP contribution is -2.23. The quantitative estimate of drug-likeness (QED) is 0.879. The highest BCUT2D eigenvalue weighted by molar-refractivity contribution is 7.09. The van der Waals surface area contributed by atoms with Crippen LogP contribution in [0.3, 0.4) is 0 Å². The first-order chi connectivity index (χ1) is 7.75.